The molecular formula is C23H20N4O3S. The van der Waals surface area contributed by atoms with Crippen LogP contribution in [0.2, 0.25) is 0 Å². The van der Waals surface area contributed by atoms with Gasteiger partial charge in [-0.05, 0) is 19.1 Å². The van der Waals surface area contributed by atoms with Crippen LogP contribution in [0.3, 0.4) is 0 Å². The highest BCUT2D eigenvalue weighted by Gasteiger charge is 2.20. The molecule has 156 valence electrons. The first-order valence-corrected chi connectivity index (χ1v) is 10.6. The maximum atomic E-state index is 13.1. The Labute approximate surface area is 183 Å². The molecule has 0 atom stereocenters. The third kappa shape index (κ3) is 4.87. The van der Waals surface area contributed by atoms with Crippen LogP contribution in [0.15, 0.2) is 72.2 Å². The van der Waals surface area contributed by atoms with Gasteiger partial charge in [-0.2, -0.15) is 5.10 Å². The lowest BCUT2D eigenvalue weighted by Gasteiger charge is -2.02. The van der Waals surface area contributed by atoms with Crippen LogP contribution < -0.4 is 5.32 Å². The molecule has 0 unspecified atom stereocenters. The third-order valence-electron chi connectivity index (χ3n) is 4.43. The van der Waals surface area contributed by atoms with Crippen LogP contribution in [0.1, 0.15) is 23.0 Å². The summed E-state index contributed by atoms with van der Waals surface area (Å²) in [6.45, 7) is 2.07. The Morgan fingerprint density at radius 3 is 2.48 bits per heavy atom. The molecule has 4 rings (SSSR count). The van der Waals surface area contributed by atoms with E-state index < -0.39 is 0 Å². The van der Waals surface area contributed by atoms with Crippen LogP contribution in [0, 0.1) is 0 Å². The third-order valence-corrected chi connectivity index (χ3v) is 5.24. The van der Waals surface area contributed by atoms with Crippen molar-refractivity contribution in [2.45, 2.75) is 13.3 Å². The van der Waals surface area contributed by atoms with Gasteiger partial charge in [0.25, 0.3) is 5.91 Å². The summed E-state index contributed by atoms with van der Waals surface area (Å²) in [5.41, 5.74) is 3.25. The molecule has 0 aliphatic heterocycles. The monoisotopic (exact) mass is 432 g/mol. The van der Waals surface area contributed by atoms with E-state index >= 15 is 0 Å². The second-order valence-electron chi connectivity index (χ2n) is 6.62. The minimum Gasteiger partial charge on any atom is -0.466 e. The van der Waals surface area contributed by atoms with E-state index in [0.717, 1.165) is 11.3 Å². The van der Waals surface area contributed by atoms with Crippen molar-refractivity contribution < 1.29 is 14.3 Å². The summed E-state index contributed by atoms with van der Waals surface area (Å²) in [5, 5.41) is 9.62. The quantitative estimate of drug-likeness (QED) is 0.439. The summed E-state index contributed by atoms with van der Waals surface area (Å²) in [4.78, 5) is 29.1. The Hall–Kier alpha value is -3.78. The van der Waals surface area contributed by atoms with Gasteiger partial charge in [0.1, 0.15) is 5.69 Å². The average molecular weight is 433 g/mol. The number of nitrogens with one attached hydrogen (secondary N) is 1. The van der Waals surface area contributed by atoms with E-state index in [4.69, 9.17) is 4.74 Å². The number of rotatable bonds is 7. The normalized spacial score (nSPS) is 10.6. The smallest absolute Gasteiger partial charge is 0.311 e. The first-order chi connectivity index (χ1) is 15.1. The number of hydrogen-bond acceptors (Lipinski definition) is 6. The zero-order valence-corrected chi connectivity index (χ0v) is 17.6. The lowest BCUT2D eigenvalue weighted by atomic mass is 10.1. The zero-order valence-electron chi connectivity index (χ0n) is 16.8. The van der Waals surface area contributed by atoms with E-state index in [0.29, 0.717) is 28.7 Å². The Morgan fingerprint density at radius 1 is 1.06 bits per heavy atom. The van der Waals surface area contributed by atoms with Crippen LogP contribution in [-0.4, -0.2) is 33.2 Å². The molecule has 2 aromatic heterocycles. The molecule has 1 amide bonds. The number of esters is 1. The molecule has 1 N–H and O–H groups in total. The highest BCUT2D eigenvalue weighted by Crippen LogP contribution is 2.25. The van der Waals surface area contributed by atoms with Crippen molar-refractivity contribution in [3.05, 3.63) is 83.5 Å². The van der Waals surface area contributed by atoms with E-state index in [1.165, 1.54) is 11.3 Å². The molecule has 7 nitrogen and oxygen atoms in total. The van der Waals surface area contributed by atoms with Crippen molar-refractivity contribution in [1.29, 1.82) is 0 Å². The lowest BCUT2D eigenvalue weighted by molar-refractivity contribution is -0.142. The number of aromatic nitrogens is 3. The van der Waals surface area contributed by atoms with Crippen molar-refractivity contribution in [3.63, 3.8) is 0 Å². The summed E-state index contributed by atoms with van der Waals surface area (Å²) < 4.78 is 6.63. The number of nitrogens with zero attached hydrogens (tertiary/aromatic N) is 3. The predicted molar refractivity (Wildman–Crippen MR) is 119 cm³/mol. The number of ether oxygens (including phenoxy) is 1. The van der Waals surface area contributed by atoms with Gasteiger partial charge in [0.2, 0.25) is 0 Å². The molecule has 0 bridgehead atoms. The molecule has 31 heavy (non-hydrogen) atoms. The summed E-state index contributed by atoms with van der Waals surface area (Å²) in [6.07, 6.45) is 1.78. The summed E-state index contributed by atoms with van der Waals surface area (Å²) >= 11 is 1.26. The van der Waals surface area contributed by atoms with Gasteiger partial charge in [0.15, 0.2) is 5.13 Å². The van der Waals surface area contributed by atoms with E-state index in [1.54, 1.807) is 23.2 Å². The molecule has 2 heterocycles. The molecule has 0 fully saturated rings. The number of hydrogen-bond donors (Lipinski definition) is 1. The van der Waals surface area contributed by atoms with Crippen molar-refractivity contribution in [2.24, 2.45) is 0 Å². The highest BCUT2D eigenvalue weighted by molar-refractivity contribution is 7.14. The lowest BCUT2D eigenvalue weighted by Crippen LogP contribution is -2.12. The fourth-order valence-electron chi connectivity index (χ4n) is 3.03. The van der Waals surface area contributed by atoms with Gasteiger partial charge in [0.05, 0.1) is 30.0 Å². The van der Waals surface area contributed by atoms with Gasteiger partial charge in [-0.3, -0.25) is 14.9 Å². The van der Waals surface area contributed by atoms with Gasteiger partial charge in [-0.25, -0.2) is 9.67 Å². The number of para-hydroxylation sites is 1. The molecule has 0 saturated heterocycles. The van der Waals surface area contributed by atoms with Gasteiger partial charge in [-0.15, -0.1) is 11.3 Å². The van der Waals surface area contributed by atoms with Gasteiger partial charge < -0.3 is 4.74 Å². The number of benzene rings is 2. The van der Waals surface area contributed by atoms with E-state index in [9.17, 15) is 9.59 Å². The van der Waals surface area contributed by atoms with Crippen molar-refractivity contribution in [2.75, 3.05) is 11.9 Å². The number of carbonyl (C=O) groups excluding carboxylic acids is 2. The van der Waals surface area contributed by atoms with E-state index in [2.05, 4.69) is 15.4 Å². The average Bonchev–Trinajstić information content (AvgIpc) is 3.42. The molecule has 8 heteroatoms. The molecule has 0 spiro atoms. The Kier molecular flexibility index (Phi) is 6.18. The van der Waals surface area contributed by atoms with Crippen molar-refractivity contribution in [3.8, 4) is 16.9 Å². The fraction of sp³-hybridized carbons (Fsp3) is 0.130. The predicted octanol–water partition coefficient (Wildman–Crippen LogP) is 4.35. The standard InChI is InChI=1S/C23H20N4O3S/c1-2-30-20(28)13-17-15-31-23(24-17)25-22(29)19-14-27(18-11-7-4-8-12-18)26-21(19)16-9-5-3-6-10-16/h3-12,14-15H,2,13H2,1H3,(H,24,25,29). The summed E-state index contributed by atoms with van der Waals surface area (Å²) in [5.74, 6) is -0.667. The molecule has 0 saturated carbocycles. The zero-order chi connectivity index (χ0) is 21.6. The Bertz CT molecular complexity index is 1190. The van der Waals surface area contributed by atoms with E-state index in [-0.39, 0.29) is 18.3 Å². The SMILES string of the molecule is CCOC(=O)Cc1csc(NC(=O)c2cn(-c3ccccc3)nc2-c2ccccc2)n1. The van der Waals surface area contributed by atoms with Gasteiger partial charge in [0, 0.05) is 17.1 Å². The largest absolute Gasteiger partial charge is 0.466 e. The van der Waals surface area contributed by atoms with E-state index in [1.807, 2.05) is 60.7 Å². The Balaban J connectivity index is 1.61. The minimum absolute atomic E-state index is 0.0708. The van der Waals surface area contributed by atoms with Crippen molar-refractivity contribution in [1.82, 2.24) is 14.8 Å². The first-order valence-electron chi connectivity index (χ1n) is 9.76. The van der Waals surface area contributed by atoms with Crippen LogP contribution in [0.25, 0.3) is 16.9 Å². The molecule has 0 aliphatic carbocycles. The number of amides is 1. The maximum absolute atomic E-state index is 13.1. The second-order valence-corrected chi connectivity index (χ2v) is 7.48. The number of thiazole rings is 1. The molecule has 0 aliphatic rings. The number of carbonyl (C=O) groups is 2. The van der Waals surface area contributed by atoms with Crippen LogP contribution in [-0.2, 0) is 16.0 Å². The molecular weight excluding hydrogens is 412 g/mol. The number of anilines is 1. The van der Waals surface area contributed by atoms with Crippen LogP contribution in [0.5, 0.6) is 0 Å². The molecule has 0 radical (unpaired) electrons. The topological polar surface area (TPSA) is 86.1 Å². The summed E-state index contributed by atoms with van der Waals surface area (Å²) in [6, 6.07) is 19.1. The maximum Gasteiger partial charge on any atom is 0.311 e. The van der Waals surface area contributed by atoms with Crippen LogP contribution in [0.4, 0.5) is 5.13 Å². The van der Waals surface area contributed by atoms with Gasteiger partial charge >= 0.3 is 5.97 Å². The minimum atomic E-state index is -0.346. The van der Waals surface area contributed by atoms with Gasteiger partial charge in [-0.1, -0.05) is 48.5 Å². The van der Waals surface area contributed by atoms with Crippen molar-refractivity contribution >= 4 is 28.3 Å². The highest BCUT2D eigenvalue weighted by atomic mass is 32.1. The Morgan fingerprint density at radius 2 is 1.77 bits per heavy atom. The fourth-order valence-corrected chi connectivity index (χ4v) is 3.74. The molecule has 2 aromatic carbocycles. The first kappa shape index (κ1) is 20.5. The molecule has 4 aromatic rings. The van der Waals surface area contributed by atoms with Crippen LogP contribution >= 0.6 is 11.3 Å². The second kappa shape index (κ2) is 9.36. The summed E-state index contributed by atoms with van der Waals surface area (Å²) in [7, 11) is 0.